The Kier molecular flexibility index (Phi) is 8.53. The highest BCUT2D eigenvalue weighted by atomic mass is 35.5. The number of pyridine rings is 2. The van der Waals surface area contributed by atoms with Crippen LogP contribution in [-0.2, 0) is 9.47 Å². The second kappa shape index (κ2) is 13.0. The van der Waals surface area contributed by atoms with E-state index in [4.69, 9.17) is 26.2 Å². The van der Waals surface area contributed by atoms with Crippen molar-refractivity contribution in [2.24, 2.45) is 0 Å². The summed E-state index contributed by atoms with van der Waals surface area (Å²) in [5.41, 5.74) is 4.09. The number of morpholine rings is 2. The molecule has 2 aliphatic heterocycles. The number of hydrogen-bond donors (Lipinski definition) is 0. The average molecular weight is 641 g/mol. The Balaban J connectivity index is 0.000000147. The highest BCUT2D eigenvalue weighted by Crippen LogP contribution is 2.31. The van der Waals surface area contributed by atoms with Crippen molar-refractivity contribution in [1.82, 2.24) is 29.5 Å². The second-order valence-electron chi connectivity index (χ2n) is 11.4. The van der Waals surface area contributed by atoms with Gasteiger partial charge in [0, 0.05) is 54.4 Å². The number of aromatic nitrogens is 6. The lowest BCUT2D eigenvalue weighted by Crippen LogP contribution is -2.41. The highest BCUT2D eigenvalue weighted by molar-refractivity contribution is 6.30. The smallest absolute Gasteiger partial charge is 0.159 e. The minimum Gasteiger partial charge on any atom is -0.378 e. The SMILES string of the molecule is CC1CN(c2nn(-c3ccc(Cl)cc3)c3cnccc23)CCO1.Cc1ccc(-n2nc(N3CCOCC3)c3ccncc32)c(F)c1. The van der Waals surface area contributed by atoms with Gasteiger partial charge in [-0.25, -0.2) is 13.8 Å². The fraction of sp³-hybridized carbons (Fsp3) is 0.294. The number of rotatable bonds is 4. The summed E-state index contributed by atoms with van der Waals surface area (Å²) in [4.78, 5) is 12.9. The Hall–Kier alpha value is -4.58. The van der Waals surface area contributed by atoms with Gasteiger partial charge in [0.1, 0.15) is 11.5 Å². The molecule has 2 aliphatic rings. The normalized spacial score (nSPS) is 16.9. The van der Waals surface area contributed by atoms with E-state index in [-0.39, 0.29) is 11.9 Å². The van der Waals surface area contributed by atoms with Crippen molar-refractivity contribution in [3.8, 4) is 11.4 Å². The summed E-state index contributed by atoms with van der Waals surface area (Å²) in [6.07, 6.45) is 7.34. The van der Waals surface area contributed by atoms with E-state index in [0.717, 1.165) is 77.5 Å². The van der Waals surface area contributed by atoms with Crippen LogP contribution in [0.2, 0.25) is 5.02 Å². The van der Waals surface area contributed by atoms with Crippen LogP contribution in [0.4, 0.5) is 16.0 Å². The Bertz CT molecular complexity index is 1970. The fourth-order valence-electron chi connectivity index (χ4n) is 5.89. The van der Waals surface area contributed by atoms with E-state index in [0.29, 0.717) is 23.9 Å². The van der Waals surface area contributed by atoms with E-state index in [1.54, 1.807) is 23.1 Å². The third-order valence-corrected chi connectivity index (χ3v) is 8.43. The molecule has 2 aromatic carbocycles. The zero-order valence-corrected chi connectivity index (χ0v) is 26.4. The molecule has 0 spiro atoms. The number of hydrogen-bond acceptors (Lipinski definition) is 8. The molecule has 0 N–H and O–H groups in total. The van der Waals surface area contributed by atoms with Crippen LogP contribution >= 0.6 is 11.6 Å². The van der Waals surface area contributed by atoms with E-state index >= 15 is 0 Å². The number of nitrogens with zero attached hydrogens (tertiary/aromatic N) is 8. The average Bonchev–Trinajstić information content (AvgIpc) is 3.66. The Labute approximate surface area is 270 Å². The number of fused-ring (bicyclic) bond motifs is 2. The number of ether oxygens (including phenoxy) is 2. The summed E-state index contributed by atoms with van der Waals surface area (Å²) in [5.74, 6) is 1.55. The van der Waals surface area contributed by atoms with Crippen molar-refractivity contribution in [1.29, 1.82) is 0 Å². The molecule has 0 saturated carbocycles. The zero-order chi connectivity index (χ0) is 31.6. The Morgan fingerprint density at radius 1 is 0.783 bits per heavy atom. The number of aryl methyl sites for hydroxylation is 1. The molecule has 0 aliphatic carbocycles. The van der Waals surface area contributed by atoms with Crippen molar-refractivity contribution in [2.75, 3.05) is 55.8 Å². The number of anilines is 2. The first kappa shape index (κ1) is 30.1. The lowest BCUT2D eigenvalue weighted by atomic mass is 10.2. The minimum absolute atomic E-state index is 0.210. The van der Waals surface area contributed by atoms with Gasteiger partial charge in [0.2, 0.25) is 0 Å². The molecule has 10 nitrogen and oxygen atoms in total. The molecule has 1 unspecified atom stereocenters. The van der Waals surface area contributed by atoms with Gasteiger partial charge in [-0.1, -0.05) is 17.7 Å². The first-order chi connectivity index (χ1) is 22.5. The van der Waals surface area contributed by atoms with Crippen molar-refractivity contribution in [2.45, 2.75) is 20.0 Å². The molecule has 8 rings (SSSR count). The topological polar surface area (TPSA) is 86.4 Å². The predicted molar refractivity (Wildman–Crippen MR) is 178 cm³/mol. The first-order valence-electron chi connectivity index (χ1n) is 15.3. The van der Waals surface area contributed by atoms with Crippen LogP contribution in [0.1, 0.15) is 12.5 Å². The molecule has 0 amide bonds. The third kappa shape index (κ3) is 6.01. The molecule has 6 aromatic rings. The van der Waals surface area contributed by atoms with Gasteiger partial charge >= 0.3 is 0 Å². The number of halogens is 2. The minimum atomic E-state index is -0.285. The second-order valence-corrected chi connectivity index (χ2v) is 11.9. The van der Waals surface area contributed by atoms with E-state index in [2.05, 4.69) is 31.8 Å². The van der Waals surface area contributed by atoms with Crippen LogP contribution in [0, 0.1) is 12.7 Å². The summed E-state index contributed by atoms with van der Waals surface area (Å²) < 4.78 is 29.0. The maximum absolute atomic E-state index is 14.4. The molecular weight excluding hydrogens is 607 g/mol. The third-order valence-electron chi connectivity index (χ3n) is 8.18. The van der Waals surface area contributed by atoms with Crippen LogP contribution in [0.3, 0.4) is 0 Å². The van der Waals surface area contributed by atoms with Crippen molar-refractivity contribution < 1.29 is 13.9 Å². The maximum atomic E-state index is 14.4. The quantitative estimate of drug-likeness (QED) is 0.232. The first-order valence-corrected chi connectivity index (χ1v) is 15.7. The number of benzene rings is 2. The summed E-state index contributed by atoms with van der Waals surface area (Å²) in [5, 5.41) is 12.3. The largest absolute Gasteiger partial charge is 0.378 e. The van der Waals surface area contributed by atoms with Gasteiger partial charge in [-0.15, -0.1) is 10.2 Å². The molecule has 0 radical (unpaired) electrons. The maximum Gasteiger partial charge on any atom is 0.159 e. The Morgan fingerprint density at radius 2 is 1.41 bits per heavy atom. The van der Waals surface area contributed by atoms with Gasteiger partial charge in [-0.2, -0.15) is 0 Å². The van der Waals surface area contributed by atoms with Crippen LogP contribution in [0.25, 0.3) is 33.2 Å². The van der Waals surface area contributed by atoms with Gasteiger partial charge in [0.05, 0.1) is 55.0 Å². The molecule has 12 heteroatoms. The summed E-state index contributed by atoms with van der Waals surface area (Å²) >= 11 is 6.00. The van der Waals surface area contributed by atoms with Gasteiger partial charge in [0.15, 0.2) is 11.6 Å². The molecule has 1 atom stereocenters. The summed E-state index contributed by atoms with van der Waals surface area (Å²) in [6, 6.07) is 16.8. The summed E-state index contributed by atoms with van der Waals surface area (Å²) in [6.45, 7) is 9.29. The van der Waals surface area contributed by atoms with Gasteiger partial charge in [-0.05, 0) is 67.9 Å². The highest BCUT2D eigenvalue weighted by Gasteiger charge is 2.23. The van der Waals surface area contributed by atoms with Crippen molar-refractivity contribution in [3.05, 3.63) is 95.8 Å². The fourth-order valence-corrected chi connectivity index (χ4v) is 6.02. The van der Waals surface area contributed by atoms with E-state index < -0.39 is 0 Å². The zero-order valence-electron chi connectivity index (χ0n) is 25.7. The molecule has 2 saturated heterocycles. The van der Waals surface area contributed by atoms with Crippen LogP contribution in [-0.4, -0.2) is 81.6 Å². The van der Waals surface area contributed by atoms with Gasteiger partial charge in [0.25, 0.3) is 0 Å². The van der Waals surface area contributed by atoms with E-state index in [1.807, 2.05) is 66.5 Å². The lowest BCUT2D eigenvalue weighted by molar-refractivity contribution is 0.0530. The monoisotopic (exact) mass is 640 g/mol. The molecular formula is C34H34ClFN8O2. The molecule has 0 bridgehead atoms. The Morgan fingerprint density at radius 3 is 2.09 bits per heavy atom. The molecule has 4 aromatic heterocycles. The molecule has 6 heterocycles. The van der Waals surface area contributed by atoms with Crippen LogP contribution < -0.4 is 9.80 Å². The van der Waals surface area contributed by atoms with Crippen molar-refractivity contribution in [3.63, 3.8) is 0 Å². The van der Waals surface area contributed by atoms with Gasteiger partial charge in [-0.3, -0.25) is 9.97 Å². The molecule has 46 heavy (non-hydrogen) atoms. The molecule has 236 valence electrons. The van der Waals surface area contributed by atoms with E-state index in [9.17, 15) is 4.39 Å². The summed E-state index contributed by atoms with van der Waals surface area (Å²) in [7, 11) is 0. The van der Waals surface area contributed by atoms with E-state index in [1.165, 1.54) is 6.07 Å². The van der Waals surface area contributed by atoms with Crippen LogP contribution in [0.15, 0.2) is 79.4 Å². The van der Waals surface area contributed by atoms with Crippen LogP contribution in [0.5, 0.6) is 0 Å². The molecule has 2 fully saturated rings. The lowest BCUT2D eigenvalue weighted by Gasteiger charge is -2.31. The predicted octanol–water partition coefficient (Wildman–Crippen LogP) is 6.00. The standard InChI is InChI=1S/C17H17ClN4O.C17H17FN4O/c1-12-11-21(8-9-23-12)17-15-6-7-19-10-16(15)22(20-17)14-4-2-13(18)3-5-14;1-12-2-3-15(14(18)10-12)22-16-11-19-5-4-13(16)17(20-22)21-6-8-23-9-7-21/h2-7,10,12H,8-9,11H2,1H3;2-5,10-11H,6-9H2,1H3. The van der Waals surface area contributed by atoms with Gasteiger partial charge < -0.3 is 19.3 Å². The van der Waals surface area contributed by atoms with Crippen molar-refractivity contribution >= 4 is 45.0 Å².